The summed E-state index contributed by atoms with van der Waals surface area (Å²) in [5.74, 6) is -0.205. The highest BCUT2D eigenvalue weighted by atomic mass is 32.2. The van der Waals surface area contributed by atoms with Crippen molar-refractivity contribution in [2.75, 3.05) is 12.3 Å². The third-order valence-electron chi connectivity index (χ3n) is 4.64. The van der Waals surface area contributed by atoms with Gasteiger partial charge in [-0.15, -0.1) is 11.8 Å². The van der Waals surface area contributed by atoms with Crippen molar-refractivity contribution in [3.05, 3.63) is 59.1 Å². The van der Waals surface area contributed by atoms with E-state index in [4.69, 9.17) is 0 Å². The highest BCUT2D eigenvalue weighted by Gasteiger charge is 2.30. The smallest absolute Gasteiger partial charge is 0.334 e. The van der Waals surface area contributed by atoms with Gasteiger partial charge in [0, 0.05) is 12.7 Å². The van der Waals surface area contributed by atoms with Gasteiger partial charge in [0.15, 0.2) is 0 Å². The highest BCUT2D eigenvalue weighted by molar-refractivity contribution is 8.00. The van der Waals surface area contributed by atoms with E-state index in [1.165, 1.54) is 12.1 Å². The molecule has 5 heteroatoms. The molecule has 0 bridgehead atoms. The average Bonchev–Trinajstić information content (AvgIpc) is 2.58. The van der Waals surface area contributed by atoms with E-state index in [-0.39, 0.29) is 16.6 Å². The first kappa shape index (κ1) is 21.5. The van der Waals surface area contributed by atoms with Crippen LogP contribution in [0.15, 0.2) is 47.7 Å². The molecule has 0 spiro atoms. The van der Waals surface area contributed by atoms with Crippen LogP contribution in [0.1, 0.15) is 46.1 Å². The van der Waals surface area contributed by atoms with Crippen molar-refractivity contribution < 1.29 is 14.3 Å². The molecule has 0 amide bonds. The predicted molar refractivity (Wildman–Crippen MR) is 111 cm³/mol. The van der Waals surface area contributed by atoms with Crippen molar-refractivity contribution in [1.82, 2.24) is 4.90 Å². The molecule has 0 aliphatic carbocycles. The first-order valence-corrected chi connectivity index (χ1v) is 10.5. The van der Waals surface area contributed by atoms with E-state index in [1.54, 1.807) is 11.8 Å². The summed E-state index contributed by atoms with van der Waals surface area (Å²) in [6.07, 6.45) is 6.72. The zero-order chi connectivity index (χ0) is 20.0. The Morgan fingerprint density at radius 3 is 2.52 bits per heavy atom. The maximum atomic E-state index is 13.0. The molecular formula is C22H30FNO2S. The van der Waals surface area contributed by atoms with E-state index in [9.17, 15) is 14.3 Å². The largest absolute Gasteiger partial charge is 0.478 e. The molecule has 0 saturated carbocycles. The fourth-order valence-electron chi connectivity index (χ4n) is 2.97. The van der Waals surface area contributed by atoms with E-state index in [2.05, 4.69) is 25.7 Å². The number of carbonyl (C=O) groups is 1. The van der Waals surface area contributed by atoms with Crippen LogP contribution in [-0.4, -0.2) is 33.6 Å². The van der Waals surface area contributed by atoms with Gasteiger partial charge in [0.25, 0.3) is 0 Å². The quantitative estimate of drug-likeness (QED) is 0.595. The van der Waals surface area contributed by atoms with Crippen molar-refractivity contribution in [2.24, 2.45) is 5.41 Å². The Morgan fingerprint density at radius 2 is 1.93 bits per heavy atom. The molecule has 1 heterocycles. The zero-order valence-corrected chi connectivity index (χ0v) is 17.5. The summed E-state index contributed by atoms with van der Waals surface area (Å²) >= 11 is 1.68. The summed E-state index contributed by atoms with van der Waals surface area (Å²) in [6, 6.07) is 6.59. The first-order valence-electron chi connectivity index (χ1n) is 9.41. The third kappa shape index (κ3) is 6.73. The maximum absolute atomic E-state index is 13.0. The molecule has 148 valence electrons. The Balaban J connectivity index is 1.99. The van der Waals surface area contributed by atoms with Crippen molar-refractivity contribution in [3.63, 3.8) is 0 Å². The fourth-order valence-corrected chi connectivity index (χ4v) is 4.32. The Kier molecular flexibility index (Phi) is 7.54. The number of hydrogen-bond acceptors (Lipinski definition) is 3. The standard InChI is InChI=1S/C22H30FNO2S/c1-16-11-13-24(14-12-22(2,3)4)20(19(16)21(25)26)27-15-5-6-17-7-9-18(23)10-8-17/h7-11,13,20H,5-6,12,14-15H2,1-4H3,(H,25,26). The van der Waals surface area contributed by atoms with Gasteiger partial charge < -0.3 is 10.0 Å². The topological polar surface area (TPSA) is 40.5 Å². The van der Waals surface area contributed by atoms with Crippen molar-refractivity contribution >= 4 is 17.7 Å². The number of benzene rings is 1. The van der Waals surface area contributed by atoms with Gasteiger partial charge in [0.2, 0.25) is 0 Å². The third-order valence-corrected chi connectivity index (χ3v) is 5.98. The second-order valence-electron chi connectivity index (χ2n) is 8.22. The van der Waals surface area contributed by atoms with Crippen LogP contribution in [0, 0.1) is 11.2 Å². The van der Waals surface area contributed by atoms with E-state index in [0.717, 1.165) is 42.7 Å². The zero-order valence-electron chi connectivity index (χ0n) is 16.7. The number of thioether (sulfide) groups is 1. The molecule has 1 N–H and O–H groups in total. The van der Waals surface area contributed by atoms with Gasteiger partial charge in [0.1, 0.15) is 11.2 Å². The fraction of sp³-hybridized carbons (Fsp3) is 0.500. The second kappa shape index (κ2) is 9.45. The minimum atomic E-state index is -0.839. The van der Waals surface area contributed by atoms with Crippen LogP contribution in [0.25, 0.3) is 0 Å². The number of halogens is 1. The number of carboxylic acids is 1. The Morgan fingerprint density at radius 1 is 1.26 bits per heavy atom. The normalized spacial score (nSPS) is 17.5. The predicted octanol–water partition coefficient (Wildman–Crippen LogP) is 5.48. The first-order chi connectivity index (χ1) is 12.7. The molecule has 0 aromatic heterocycles. The Bertz CT molecular complexity index is 704. The van der Waals surface area contributed by atoms with Gasteiger partial charge in [-0.05, 0) is 66.7 Å². The van der Waals surface area contributed by atoms with Crippen LogP contribution >= 0.6 is 11.8 Å². The minimum Gasteiger partial charge on any atom is -0.478 e. The Hall–Kier alpha value is -1.75. The number of nitrogens with zero attached hydrogens (tertiary/aromatic N) is 1. The molecule has 1 aromatic carbocycles. The molecule has 0 fully saturated rings. The number of allylic oxidation sites excluding steroid dienone is 2. The van der Waals surface area contributed by atoms with Crippen LogP contribution in [0.2, 0.25) is 0 Å². The van der Waals surface area contributed by atoms with Crippen LogP contribution in [0.5, 0.6) is 0 Å². The van der Waals surface area contributed by atoms with Crippen LogP contribution in [0.4, 0.5) is 4.39 Å². The summed E-state index contributed by atoms with van der Waals surface area (Å²) in [4.78, 5) is 14.0. The Labute approximate surface area is 166 Å². The number of aryl methyl sites for hydroxylation is 1. The molecule has 1 aliphatic rings. The molecule has 0 radical (unpaired) electrons. The number of hydrogen-bond donors (Lipinski definition) is 1. The number of aliphatic carboxylic acids is 1. The van der Waals surface area contributed by atoms with E-state index in [0.29, 0.717) is 5.57 Å². The maximum Gasteiger partial charge on any atom is 0.334 e. The summed E-state index contributed by atoms with van der Waals surface area (Å²) in [5.41, 5.74) is 2.62. The molecule has 27 heavy (non-hydrogen) atoms. The van der Waals surface area contributed by atoms with Gasteiger partial charge in [-0.2, -0.15) is 0 Å². The SMILES string of the molecule is CC1=C(C(=O)O)C(SCCCc2ccc(F)cc2)N(CCC(C)(C)C)C=C1. The lowest BCUT2D eigenvalue weighted by atomic mass is 9.92. The molecule has 2 rings (SSSR count). The van der Waals surface area contributed by atoms with Crippen molar-refractivity contribution in [2.45, 2.75) is 52.3 Å². The minimum absolute atomic E-state index is 0.164. The van der Waals surface area contributed by atoms with Gasteiger partial charge in [-0.1, -0.05) is 32.9 Å². The van der Waals surface area contributed by atoms with E-state index < -0.39 is 5.97 Å². The van der Waals surface area contributed by atoms with E-state index in [1.807, 2.05) is 31.3 Å². The second-order valence-corrected chi connectivity index (χ2v) is 9.41. The molecule has 0 saturated heterocycles. The highest BCUT2D eigenvalue weighted by Crippen LogP contribution is 2.32. The molecule has 1 aromatic rings. The monoisotopic (exact) mass is 391 g/mol. The molecule has 1 aliphatic heterocycles. The number of rotatable bonds is 8. The molecule has 1 atom stereocenters. The van der Waals surface area contributed by atoms with Crippen molar-refractivity contribution in [3.8, 4) is 0 Å². The van der Waals surface area contributed by atoms with Gasteiger partial charge in [0.05, 0.1) is 5.57 Å². The van der Waals surface area contributed by atoms with E-state index >= 15 is 0 Å². The van der Waals surface area contributed by atoms with Crippen LogP contribution in [-0.2, 0) is 11.2 Å². The lowest BCUT2D eigenvalue weighted by Crippen LogP contribution is -2.37. The van der Waals surface area contributed by atoms with Crippen LogP contribution < -0.4 is 0 Å². The number of carboxylic acid groups (broad SMARTS) is 1. The van der Waals surface area contributed by atoms with Crippen molar-refractivity contribution in [1.29, 1.82) is 0 Å². The molecule has 3 nitrogen and oxygen atoms in total. The summed E-state index contributed by atoms with van der Waals surface area (Å²) in [7, 11) is 0. The molecular weight excluding hydrogens is 361 g/mol. The summed E-state index contributed by atoms with van der Waals surface area (Å²) in [6.45, 7) is 9.30. The average molecular weight is 392 g/mol. The molecule has 1 unspecified atom stereocenters. The lowest BCUT2D eigenvalue weighted by molar-refractivity contribution is -0.133. The van der Waals surface area contributed by atoms with Gasteiger partial charge >= 0.3 is 5.97 Å². The summed E-state index contributed by atoms with van der Waals surface area (Å²) in [5, 5.41) is 9.55. The van der Waals surface area contributed by atoms with Gasteiger partial charge in [-0.25, -0.2) is 9.18 Å². The van der Waals surface area contributed by atoms with Crippen LogP contribution in [0.3, 0.4) is 0 Å². The van der Waals surface area contributed by atoms with Gasteiger partial charge in [-0.3, -0.25) is 0 Å². The lowest BCUT2D eigenvalue weighted by Gasteiger charge is -2.36. The summed E-state index contributed by atoms with van der Waals surface area (Å²) < 4.78 is 13.0.